The number of nitrogens with one attached hydrogen (secondary N) is 1. The van der Waals surface area contributed by atoms with Crippen molar-refractivity contribution >= 4 is 15.9 Å². The molecule has 1 aromatic rings. The molecule has 3 saturated heterocycles. The van der Waals surface area contributed by atoms with Gasteiger partial charge in [0.15, 0.2) is 5.03 Å². The average molecular weight is 411 g/mol. The van der Waals surface area contributed by atoms with Crippen LogP contribution in [0.2, 0.25) is 0 Å². The Morgan fingerprint density at radius 2 is 1.82 bits per heavy atom. The molecule has 0 saturated carbocycles. The van der Waals surface area contributed by atoms with Gasteiger partial charge in [0.25, 0.3) is 10.0 Å². The predicted molar refractivity (Wildman–Crippen MR) is 104 cm³/mol. The smallest absolute Gasteiger partial charge is 0.260 e. The van der Waals surface area contributed by atoms with Crippen molar-refractivity contribution < 1.29 is 13.2 Å². The minimum absolute atomic E-state index is 0.0294. The van der Waals surface area contributed by atoms with Gasteiger partial charge in [0, 0.05) is 45.8 Å². The number of likely N-dealkylation sites (tertiary alicyclic amines) is 1. The van der Waals surface area contributed by atoms with E-state index in [4.69, 9.17) is 0 Å². The fourth-order valence-electron chi connectivity index (χ4n) is 4.87. The Kier molecular flexibility index (Phi) is 5.24. The molecule has 3 fully saturated rings. The molecule has 1 spiro atoms. The van der Waals surface area contributed by atoms with E-state index < -0.39 is 10.0 Å². The fraction of sp³-hybridized carbons (Fsp3) is 0.778. The van der Waals surface area contributed by atoms with E-state index in [9.17, 15) is 13.2 Å². The van der Waals surface area contributed by atoms with E-state index in [1.165, 1.54) is 12.5 Å². The number of aromatic amines is 1. The Morgan fingerprint density at radius 1 is 1.14 bits per heavy atom. The number of rotatable bonds is 3. The van der Waals surface area contributed by atoms with Crippen molar-refractivity contribution in [2.75, 3.05) is 59.9 Å². The van der Waals surface area contributed by atoms with Gasteiger partial charge in [-0.1, -0.05) is 0 Å². The maximum Gasteiger partial charge on any atom is 0.260 e. The third-order valence-corrected chi connectivity index (χ3v) is 8.54. The molecule has 10 heteroatoms. The first-order valence-corrected chi connectivity index (χ1v) is 11.4. The summed E-state index contributed by atoms with van der Waals surface area (Å²) >= 11 is 0. The van der Waals surface area contributed by atoms with Crippen LogP contribution in [0.15, 0.2) is 17.6 Å². The highest BCUT2D eigenvalue weighted by Crippen LogP contribution is 2.44. The van der Waals surface area contributed by atoms with Gasteiger partial charge in [0.05, 0.1) is 18.6 Å². The molecule has 156 valence electrons. The number of H-pyrrole nitrogens is 1. The highest BCUT2D eigenvalue weighted by atomic mass is 32.2. The molecule has 4 heterocycles. The van der Waals surface area contributed by atoms with E-state index in [1.807, 2.05) is 11.9 Å². The Morgan fingerprint density at radius 3 is 2.43 bits per heavy atom. The highest BCUT2D eigenvalue weighted by Gasteiger charge is 2.48. The summed E-state index contributed by atoms with van der Waals surface area (Å²) in [4.78, 5) is 26.0. The summed E-state index contributed by atoms with van der Waals surface area (Å²) in [6, 6.07) is -0.0841. The number of nitrogens with zero attached hydrogens (tertiary/aromatic N) is 5. The van der Waals surface area contributed by atoms with Gasteiger partial charge in [-0.3, -0.25) is 9.69 Å². The van der Waals surface area contributed by atoms with Crippen LogP contribution in [0.25, 0.3) is 0 Å². The Labute approximate surface area is 166 Å². The molecule has 1 amide bonds. The summed E-state index contributed by atoms with van der Waals surface area (Å²) in [5, 5.41) is 0.148. The molecule has 1 N–H and O–H groups in total. The third-order valence-electron chi connectivity index (χ3n) is 6.72. The van der Waals surface area contributed by atoms with Gasteiger partial charge in [0.2, 0.25) is 5.91 Å². The van der Waals surface area contributed by atoms with Gasteiger partial charge in [0.1, 0.15) is 0 Å². The number of carbonyl (C=O) groups is 1. The van der Waals surface area contributed by atoms with Gasteiger partial charge < -0.3 is 14.8 Å². The van der Waals surface area contributed by atoms with Crippen molar-refractivity contribution in [3.05, 3.63) is 12.5 Å². The van der Waals surface area contributed by atoms with Crippen LogP contribution in [0.1, 0.15) is 19.3 Å². The van der Waals surface area contributed by atoms with Crippen molar-refractivity contribution in [3.8, 4) is 0 Å². The SMILES string of the molecule is CN1CCN(C(=O)C2CC3(CCN(S(=O)(=O)c4cnc[nH]4)CC3)CN2C)CC1. The molecule has 3 aliphatic heterocycles. The molecule has 4 rings (SSSR count). The molecule has 3 aliphatic rings. The zero-order valence-electron chi connectivity index (χ0n) is 16.7. The largest absolute Gasteiger partial charge is 0.339 e. The van der Waals surface area contributed by atoms with E-state index in [0.717, 1.165) is 52.0 Å². The number of likely N-dealkylation sites (N-methyl/N-ethyl adjacent to an activating group) is 2. The van der Waals surface area contributed by atoms with Crippen LogP contribution in [0.3, 0.4) is 0 Å². The number of carbonyl (C=O) groups excluding carboxylic acids is 1. The van der Waals surface area contributed by atoms with E-state index in [2.05, 4.69) is 26.8 Å². The molecule has 1 unspecified atom stereocenters. The number of hydrogen-bond acceptors (Lipinski definition) is 6. The Balaban J connectivity index is 1.39. The van der Waals surface area contributed by atoms with Crippen LogP contribution in [-0.2, 0) is 14.8 Å². The van der Waals surface area contributed by atoms with E-state index in [1.54, 1.807) is 4.31 Å². The first-order chi connectivity index (χ1) is 13.3. The molecule has 9 nitrogen and oxygen atoms in total. The average Bonchev–Trinajstić information content (AvgIpc) is 3.31. The standard InChI is InChI=1S/C18H30N6O3S/c1-21-7-9-23(10-8-21)17(25)15-11-18(13-22(15)2)3-5-24(6-4-18)28(26,27)16-12-19-14-20-16/h12,14-15H,3-11,13H2,1-2H3,(H,19,20). The first kappa shape index (κ1) is 19.8. The molecule has 0 aromatic carbocycles. The highest BCUT2D eigenvalue weighted by molar-refractivity contribution is 7.89. The monoisotopic (exact) mass is 410 g/mol. The summed E-state index contributed by atoms with van der Waals surface area (Å²) in [6.07, 6.45) is 5.15. The second-order valence-corrected chi connectivity index (χ2v) is 10.5. The van der Waals surface area contributed by atoms with Crippen LogP contribution in [-0.4, -0.2) is 109 Å². The van der Waals surface area contributed by atoms with Gasteiger partial charge in [-0.25, -0.2) is 13.4 Å². The number of aromatic nitrogens is 2. The van der Waals surface area contributed by atoms with Crippen LogP contribution >= 0.6 is 0 Å². The molecule has 1 aromatic heterocycles. The van der Waals surface area contributed by atoms with E-state index in [0.29, 0.717) is 13.1 Å². The number of hydrogen-bond donors (Lipinski definition) is 1. The summed E-state index contributed by atoms with van der Waals surface area (Å²) < 4.78 is 26.9. The molecular formula is C18H30N6O3S. The lowest BCUT2D eigenvalue weighted by molar-refractivity contribution is -0.137. The normalized spacial score (nSPS) is 27.5. The molecule has 1 atom stereocenters. The molecular weight excluding hydrogens is 380 g/mol. The number of amides is 1. The topological polar surface area (TPSA) is 92.8 Å². The maximum atomic E-state index is 13.1. The van der Waals surface area contributed by atoms with E-state index in [-0.39, 0.29) is 22.4 Å². The number of piperazine rings is 1. The summed E-state index contributed by atoms with van der Waals surface area (Å²) in [7, 11) is 0.607. The number of imidazole rings is 1. The second kappa shape index (κ2) is 7.40. The van der Waals surface area contributed by atoms with Crippen LogP contribution in [0.5, 0.6) is 0 Å². The maximum absolute atomic E-state index is 13.1. The van der Waals surface area contributed by atoms with Crippen LogP contribution in [0, 0.1) is 5.41 Å². The zero-order valence-corrected chi connectivity index (χ0v) is 17.5. The zero-order chi connectivity index (χ0) is 19.9. The van der Waals surface area contributed by atoms with Crippen molar-refractivity contribution in [3.63, 3.8) is 0 Å². The lowest BCUT2D eigenvalue weighted by Gasteiger charge is -2.38. The molecule has 0 aliphatic carbocycles. The molecule has 28 heavy (non-hydrogen) atoms. The van der Waals surface area contributed by atoms with Gasteiger partial charge in [-0.15, -0.1) is 0 Å². The van der Waals surface area contributed by atoms with Crippen molar-refractivity contribution in [1.82, 2.24) is 29.0 Å². The summed E-state index contributed by atoms with van der Waals surface area (Å²) in [5.41, 5.74) is 0.0294. The summed E-state index contributed by atoms with van der Waals surface area (Å²) in [5.74, 6) is 0.236. The number of sulfonamides is 1. The molecule has 0 bridgehead atoms. The Bertz CT molecular complexity index is 795. The van der Waals surface area contributed by atoms with Crippen molar-refractivity contribution in [1.29, 1.82) is 0 Å². The predicted octanol–water partition coefficient (Wildman–Crippen LogP) is -0.341. The Hall–Kier alpha value is -1.49. The van der Waals surface area contributed by atoms with Gasteiger partial charge in [-0.05, 0) is 38.8 Å². The van der Waals surface area contributed by atoms with Crippen LogP contribution < -0.4 is 0 Å². The minimum atomic E-state index is -3.51. The lowest BCUT2D eigenvalue weighted by atomic mass is 9.77. The summed E-state index contributed by atoms with van der Waals surface area (Å²) in [6.45, 7) is 5.28. The third kappa shape index (κ3) is 3.58. The van der Waals surface area contributed by atoms with Gasteiger partial charge >= 0.3 is 0 Å². The number of piperidine rings is 1. The van der Waals surface area contributed by atoms with Crippen molar-refractivity contribution in [2.24, 2.45) is 5.41 Å². The second-order valence-electron chi connectivity index (χ2n) is 8.58. The van der Waals surface area contributed by atoms with Crippen LogP contribution in [0.4, 0.5) is 0 Å². The fourth-order valence-corrected chi connectivity index (χ4v) is 6.21. The quantitative estimate of drug-likeness (QED) is 0.733. The van der Waals surface area contributed by atoms with Gasteiger partial charge in [-0.2, -0.15) is 4.31 Å². The van der Waals surface area contributed by atoms with Crippen molar-refractivity contribution in [2.45, 2.75) is 30.3 Å². The van der Waals surface area contributed by atoms with E-state index >= 15 is 0 Å². The molecule has 0 radical (unpaired) electrons. The lowest BCUT2D eigenvalue weighted by Crippen LogP contribution is -2.52. The first-order valence-electron chi connectivity index (χ1n) is 9.97. The minimum Gasteiger partial charge on any atom is -0.339 e.